The zero-order valence-electron chi connectivity index (χ0n) is 11.6. The minimum Gasteiger partial charge on any atom is -0.478 e. The molecule has 0 radical (unpaired) electrons. The molecule has 112 valence electrons. The molecule has 0 unspecified atom stereocenters. The molecule has 1 rings (SSSR count). The van der Waals surface area contributed by atoms with Crippen molar-refractivity contribution < 1.29 is 18.3 Å². The quantitative estimate of drug-likeness (QED) is 0.660. The second kappa shape index (κ2) is 7.37. The second-order valence-corrected chi connectivity index (χ2v) is 6.63. The third-order valence-electron chi connectivity index (χ3n) is 2.85. The zero-order valence-corrected chi connectivity index (χ0v) is 12.4. The van der Waals surface area contributed by atoms with Crippen LogP contribution in [0.1, 0.15) is 29.8 Å². The molecule has 0 aliphatic heterocycles. The lowest BCUT2D eigenvalue weighted by Crippen LogP contribution is -2.39. The molecule has 20 heavy (non-hydrogen) atoms. The van der Waals surface area contributed by atoms with Crippen molar-refractivity contribution >= 4 is 16.0 Å². The third-order valence-corrected chi connectivity index (χ3v) is 4.21. The van der Waals surface area contributed by atoms with Gasteiger partial charge < -0.3 is 10.4 Å². The fourth-order valence-electron chi connectivity index (χ4n) is 1.48. The Morgan fingerprint density at radius 3 is 2.40 bits per heavy atom. The summed E-state index contributed by atoms with van der Waals surface area (Å²) >= 11 is 0. The van der Waals surface area contributed by atoms with E-state index in [1.54, 1.807) is 31.2 Å². The second-order valence-electron chi connectivity index (χ2n) is 4.54. The van der Waals surface area contributed by atoms with Gasteiger partial charge in [0.05, 0.1) is 11.3 Å². The molecule has 0 fully saturated rings. The first-order valence-corrected chi connectivity index (χ1v) is 8.02. The van der Waals surface area contributed by atoms with Crippen LogP contribution >= 0.6 is 0 Å². The van der Waals surface area contributed by atoms with Gasteiger partial charge in [-0.25, -0.2) is 17.9 Å². The summed E-state index contributed by atoms with van der Waals surface area (Å²) < 4.78 is 25.1. The van der Waals surface area contributed by atoms with Crippen molar-refractivity contribution in [3.05, 3.63) is 35.4 Å². The lowest BCUT2D eigenvalue weighted by molar-refractivity contribution is 0.0697. The van der Waals surface area contributed by atoms with Crippen LogP contribution in [0.25, 0.3) is 0 Å². The fraction of sp³-hybridized carbons (Fsp3) is 0.462. The summed E-state index contributed by atoms with van der Waals surface area (Å²) in [6.45, 7) is 4.34. The molecule has 7 heteroatoms. The number of hydrogen-bond donors (Lipinski definition) is 3. The van der Waals surface area contributed by atoms with Crippen LogP contribution in [0.2, 0.25) is 0 Å². The monoisotopic (exact) mass is 300 g/mol. The molecule has 0 aliphatic carbocycles. The van der Waals surface area contributed by atoms with Crippen LogP contribution in [0.15, 0.2) is 24.3 Å². The lowest BCUT2D eigenvalue weighted by atomic mass is 10.1. The van der Waals surface area contributed by atoms with E-state index in [2.05, 4.69) is 10.0 Å². The van der Waals surface area contributed by atoms with Gasteiger partial charge in [-0.15, -0.1) is 0 Å². The van der Waals surface area contributed by atoms with E-state index in [9.17, 15) is 13.2 Å². The first kappa shape index (κ1) is 16.6. The van der Waals surface area contributed by atoms with E-state index in [0.717, 1.165) is 5.56 Å². The zero-order chi connectivity index (χ0) is 15.2. The molecule has 3 N–H and O–H groups in total. The van der Waals surface area contributed by atoms with Crippen molar-refractivity contribution in [3.8, 4) is 0 Å². The van der Waals surface area contributed by atoms with Gasteiger partial charge in [-0.1, -0.05) is 12.1 Å². The summed E-state index contributed by atoms with van der Waals surface area (Å²) in [4.78, 5) is 10.7. The van der Waals surface area contributed by atoms with E-state index in [4.69, 9.17) is 5.11 Å². The van der Waals surface area contributed by atoms with E-state index >= 15 is 0 Å². The highest BCUT2D eigenvalue weighted by molar-refractivity contribution is 7.89. The van der Waals surface area contributed by atoms with Gasteiger partial charge >= 0.3 is 5.97 Å². The molecule has 6 nitrogen and oxygen atoms in total. The first-order valence-electron chi connectivity index (χ1n) is 6.37. The Morgan fingerprint density at radius 1 is 1.30 bits per heavy atom. The highest BCUT2D eigenvalue weighted by atomic mass is 32.2. The van der Waals surface area contributed by atoms with Gasteiger partial charge in [0, 0.05) is 19.1 Å². The van der Waals surface area contributed by atoms with Crippen molar-refractivity contribution in [2.45, 2.75) is 26.4 Å². The Morgan fingerprint density at radius 2 is 1.90 bits per heavy atom. The van der Waals surface area contributed by atoms with Crippen LogP contribution in [-0.4, -0.2) is 37.8 Å². The van der Waals surface area contributed by atoms with Crippen molar-refractivity contribution in [1.29, 1.82) is 0 Å². The molecule has 0 heterocycles. The molecule has 0 aromatic heterocycles. The Kier molecular flexibility index (Phi) is 6.12. The molecular weight excluding hydrogens is 280 g/mol. The largest absolute Gasteiger partial charge is 0.478 e. The molecule has 0 saturated heterocycles. The lowest BCUT2D eigenvalue weighted by Gasteiger charge is -2.14. The van der Waals surface area contributed by atoms with Crippen LogP contribution in [-0.2, 0) is 16.6 Å². The van der Waals surface area contributed by atoms with E-state index in [0.29, 0.717) is 13.1 Å². The van der Waals surface area contributed by atoms with Crippen LogP contribution < -0.4 is 10.0 Å². The maximum atomic E-state index is 11.3. The number of nitrogens with one attached hydrogen (secondary N) is 2. The molecule has 1 aromatic carbocycles. The summed E-state index contributed by atoms with van der Waals surface area (Å²) in [6.07, 6.45) is 0. The van der Waals surface area contributed by atoms with Gasteiger partial charge in [-0.2, -0.15) is 0 Å². The van der Waals surface area contributed by atoms with Crippen molar-refractivity contribution in [2.24, 2.45) is 0 Å². The van der Waals surface area contributed by atoms with Gasteiger partial charge in [0.15, 0.2) is 0 Å². The molecule has 1 aromatic rings. The summed E-state index contributed by atoms with van der Waals surface area (Å²) in [6, 6.07) is 6.54. The topological polar surface area (TPSA) is 95.5 Å². The molecular formula is C13H20N2O4S. The van der Waals surface area contributed by atoms with Gasteiger partial charge in [-0.05, 0) is 31.5 Å². The smallest absolute Gasteiger partial charge is 0.335 e. The van der Waals surface area contributed by atoms with Crippen molar-refractivity contribution in [2.75, 3.05) is 12.3 Å². The van der Waals surface area contributed by atoms with Crippen LogP contribution in [0.3, 0.4) is 0 Å². The van der Waals surface area contributed by atoms with Gasteiger partial charge in [-0.3, -0.25) is 0 Å². The summed E-state index contributed by atoms with van der Waals surface area (Å²) in [5, 5.41) is 12.0. The Bertz CT molecular complexity index is 540. The summed E-state index contributed by atoms with van der Waals surface area (Å²) in [5.74, 6) is -0.886. The number of carboxylic acids is 1. The normalized spacial score (nSPS) is 13.1. The third kappa shape index (κ3) is 5.68. The number of carbonyl (C=O) groups is 1. The molecule has 0 bridgehead atoms. The standard InChI is InChI=1S/C13H20N2O4S/c1-3-20(18,19)15-8-10(2)14-9-11-4-6-12(7-5-11)13(16)17/h4-7,10,14-15H,3,8-9H2,1-2H3,(H,16,17)/t10-/m1/s1. The SMILES string of the molecule is CCS(=O)(=O)NC[C@@H](C)NCc1ccc(C(=O)O)cc1. The molecule has 0 amide bonds. The van der Waals surface area contributed by atoms with Crippen molar-refractivity contribution in [1.82, 2.24) is 10.0 Å². The van der Waals surface area contributed by atoms with Crippen LogP contribution in [0.4, 0.5) is 0 Å². The summed E-state index contributed by atoms with van der Waals surface area (Å²) in [7, 11) is -3.17. The number of sulfonamides is 1. The Balaban J connectivity index is 2.41. The van der Waals surface area contributed by atoms with Gasteiger partial charge in [0.1, 0.15) is 0 Å². The Hall–Kier alpha value is -1.44. The average molecular weight is 300 g/mol. The maximum Gasteiger partial charge on any atom is 0.335 e. The van der Waals surface area contributed by atoms with E-state index in [-0.39, 0.29) is 17.4 Å². The molecule has 0 spiro atoms. The predicted octanol–water partition coefficient (Wildman–Crippen LogP) is 0.802. The highest BCUT2D eigenvalue weighted by Gasteiger charge is 2.09. The number of benzene rings is 1. The van der Waals surface area contributed by atoms with E-state index in [1.165, 1.54) is 0 Å². The van der Waals surface area contributed by atoms with E-state index < -0.39 is 16.0 Å². The minimum atomic E-state index is -3.17. The van der Waals surface area contributed by atoms with Crippen LogP contribution in [0.5, 0.6) is 0 Å². The first-order chi connectivity index (χ1) is 9.34. The predicted molar refractivity (Wildman–Crippen MR) is 77.2 cm³/mol. The average Bonchev–Trinajstić information content (AvgIpc) is 2.43. The maximum absolute atomic E-state index is 11.3. The highest BCUT2D eigenvalue weighted by Crippen LogP contribution is 2.04. The fourth-order valence-corrected chi connectivity index (χ4v) is 2.19. The van der Waals surface area contributed by atoms with Gasteiger partial charge in [0.2, 0.25) is 10.0 Å². The number of rotatable bonds is 8. The molecule has 1 atom stereocenters. The Labute approximate surface area is 119 Å². The van der Waals surface area contributed by atoms with Crippen LogP contribution in [0, 0.1) is 0 Å². The van der Waals surface area contributed by atoms with Crippen molar-refractivity contribution in [3.63, 3.8) is 0 Å². The number of carboxylic acid groups (broad SMARTS) is 1. The minimum absolute atomic E-state index is 0.0181. The summed E-state index contributed by atoms with van der Waals surface area (Å²) in [5.41, 5.74) is 1.19. The van der Waals surface area contributed by atoms with Gasteiger partial charge in [0.25, 0.3) is 0 Å². The van der Waals surface area contributed by atoms with E-state index in [1.807, 2.05) is 6.92 Å². The number of hydrogen-bond acceptors (Lipinski definition) is 4. The molecule has 0 saturated carbocycles. The number of aromatic carboxylic acids is 1. The molecule has 0 aliphatic rings.